The number of carbonyl (C=O) groups excluding carboxylic acids is 1. The third-order valence-corrected chi connectivity index (χ3v) is 2.31. The number of nitrogens with two attached hydrogens (primary N) is 1. The number of amides is 1. The van der Waals surface area contributed by atoms with Crippen molar-refractivity contribution >= 4 is 24.0 Å². The maximum absolute atomic E-state index is 11.6. The maximum atomic E-state index is 11.6. The van der Waals surface area contributed by atoms with E-state index < -0.39 is 0 Å². The molecule has 0 saturated heterocycles. The normalized spacial score (nSPS) is 11.1. The molecule has 3 N–H and O–H groups in total. The molecular formula is C14H21ClN2O2. The second-order valence-electron chi connectivity index (χ2n) is 4.19. The molecule has 0 bridgehead atoms. The molecule has 1 aromatic rings. The Bertz CT molecular complexity index is 408. The molecule has 0 fully saturated rings. The van der Waals surface area contributed by atoms with Crippen molar-refractivity contribution in [2.45, 2.75) is 25.8 Å². The predicted octanol–water partition coefficient (Wildman–Crippen LogP) is 2.74. The molecule has 1 rings (SSSR count). The number of ether oxygens (including phenoxy) is 1. The number of anilines is 1. The van der Waals surface area contributed by atoms with Crippen molar-refractivity contribution in [1.29, 1.82) is 0 Å². The van der Waals surface area contributed by atoms with Crippen LogP contribution in [0.25, 0.3) is 0 Å². The molecular weight excluding hydrogens is 264 g/mol. The fourth-order valence-electron chi connectivity index (χ4n) is 1.40. The van der Waals surface area contributed by atoms with E-state index in [1.54, 1.807) is 12.1 Å². The SMILES string of the molecule is C=CCOc1cccc(NC(=O)CCC(C)N)c1.Cl. The van der Waals surface area contributed by atoms with Crippen molar-refractivity contribution in [2.24, 2.45) is 5.73 Å². The van der Waals surface area contributed by atoms with Crippen LogP contribution in [0.15, 0.2) is 36.9 Å². The standard InChI is InChI=1S/C14H20N2O2.ClH/c1-3-9-18-13-6-4-5-12(10-13)16-14(17)8-7-11(2)15;/h3-6,10-11H,1,7-9,15H2,2H3,(H,16,17);1H. The van der Waals surface area contributed by atoms with Crippen molar-refractivity contribution in [3.8, 4) is 5.75 Å². The van der Waals surface area contributed by atoms with Gasteiger partial charge in [-0.25, -0.2) is 0 Å². The fraction of sp³-hybridized carbons (Fsp3) is 0.357. The van der Waals surface area contributed by atoms with Crippen LogP contribution in [-0.2, 0) is 4.79 Å². The lowest BCUT2D eigenvalue weighted by atomic mass is 10.2. The van der Waals surface area contributed by atoms with E-state index >= 15 is 0 Å². The van der Waals surface area contributed by atoms with Gasteiger partial charge in [0.25, 0.3) is 0 Å². The summed E-state index contributed by atoms with van der Waals surface area (Å²) in [6.45, 7) is 5.91. The largest absolute Gasteiger partial charge is 0.489 e. The fourth-order valence-corrected chi connectivity index (χ4v) is 1.40. The van der Waals surface area contributed by atoms with Crippen LogP contribution in [0.1, 0.15) is 19.8 Å². The molecule has 106 valence electrons. The van der Waals surface area contributed by atoms with Crippen LogP contribution < -0.4 is 15.8 Å². The van der Waals surface area contributed by atoms with Gasteiger partial charge < -0.3 is 15.8 Å². The zero-order chi connectivity index (χ0) is 13.4. The van der Waals surface area contributed by atoms with Gasteiger partial charge in [0.1, 0.15) is 12.4 Å². The van der Waals surface area contributed by atoms with Gasteiger partial charge in [-0.05, 0) is 25.5 Å². The lowest BCUT2D eigenvalue weighted by Crippen LogP contribution is -2.19. The molecule has 4 nitrogen and oxygen atoms in total. The van der Waals surface area contributed by atoms with E-state index in [-0.39, 0.29) is 24.4 Å². The molecule has 5 heteroatoms. The molecule has 1 aromatic carbocycles. The van der Waals surface area contributed by atoms with Crippen LogP contribution in [0.5, 0.6) is 5.75 Å². The highest BCUT2D eigenvalue weighted by Crippen LogP contribution is 2.17. The van der Waals surface area contributed by atoms with E-state index in [0.29, 0.717) is 25.2 Å². The van der Waals surface area contributed by atoms with Gasteiger partial charge >= 0.3 is 0 Å². The summed E-state index contributed by atoms with van der Waals surface area (Å²) in [4.78, 5) is 11.6. The number of benzene rings is 1. The summed E-state index contributed by atoms with van der Waals surface area (Å²) in [5.74, 6) is 0.674. The second kappa shape index (κ2) is 9.42. The van der Waals surface area contributed by atoms with Crippen molar-refractivity contribution < 1.29 is 9.53 Å². The van der Waals surface area contributed by atoms with Gasteiger partial charge in [-0.2, -0.15) is 0 Å². The minimum absolute atomic E-state index is 0. The minimum atomic E-state index is -0.0341. The number of hydrogen-bond donors (Lipinski definition) is 2. The molecule has 0 aromatic heterocycles. The first-order chi connectivity index (χ1) is 8.61. The molecule has 0 saturated carbocycles. The van der Waals surface area contributed by atoms with Crippen LogP contribution >= 0.6 is 12.4 Å². The van der Waals surface area contributed by atoms with Gasteiger partial charge in [0.05, 0.1) is 0 Å². The van der Waals surface area contributed by atoms with Gasteiger partial charge in [-0.15, -0.1) is 12.4 Å². The first-order valence-electron chi connectivity index (χ1n) is 6.01. The van der Waals surface area contributed by atoms with Crippen LogP contribution in [0.3, 0.4) is 0 Å². The van der Waals surface area contributed by atoms with E-state index in [2.05, 4.69) is 11.9 Å². The average Bonchev–Trinajstić information content (AvgIpc) is 2.34. The Hall–Kier alpha value is -1.52. The summed E-state index contributed by atoms with van der Waals surface area (Å²) < 4.78 is 5.39. The zero-order valence-electron chi connectivity index (χ0n) is 11.1. The summed E-state index contributed by atoms with van der Waals surface area (Å²) in [5.41, 5.74) is 6.33. The second-order valence-corrected chi connectivity index (χ2v) is 4.19. The molecule has 0 spiro atoms. The summed E-state index contributed by atoms with van der Waals surface area (Å²) in [7, 11) is 0. The Labute approximate surface area is 120 Å². The van der Waals surface area contributed by atoms with E-state index in [0.717, 1.165) is 5.69 Å². The van der Waals surface area contributed by atoms with Gasteiger partial charge in [-0.3, -0.25) is 4.79 Å². The highest BCUT2D eigenvalue weighted by molar-refractivity contribution is 5.90. The zero-order valence-corrected chi connectivity index (χ0v) is 11.9. The number of hydrogen-bond acceptors (Lipinski definition) is 3. The summed E-state index contributed by atoms with van der Waals surface area (Å²) in [5, 5.41) is 2.81. The molecule has 19 heavy (non-hydrogen) atoms. The number of carbonyl (C=O) groups is 1. The van der Waals surface area contributed by atoms with E-state index in [1.165, 1.54) is 0 Å². The van der Waals surface area contributed by atoms with Crippen LogP contribution in [0, 0.1) is 0 Å². The predicted molar refractivity (Wildman–Crippen MR) is 80.9 cm³/mol. The van der Waals surface area contributed by atoms with Crippen LogP contribution in [0.4, 0.5) is 5.69 Å². The van der Waals surface area contributed by atoms with Gasteiger partial charge in [0.2, 0.25) is 5.91 Å². The Morgan fingerprint density at radius 2 is 2.32 bits per heavy atom. The molecule has 0 heterocycles. The van der Waals surface area contributed by atoms with Crippen molar-refractivity contribution in [3.05, 3.63) is 36.9 Å². The highest BCUT2D eigenvalue weighted by atomic mass is 35.5. The maximum Gasteiger partial charge on any atom is 0.224 e. The quantitative estimate of drug-likeness (QED) is 0.757. The number of nitrogens with one attached hydrogen (secondary N) is 1. The Kier molecular flexibility index (Phi) is 8.66. The van der Waals surface area contributed by atoms with Gasteiger partial charge in [-0.1, -0.05) is 18.7 Å². The minimum Gasteiger partial charge on any atom is -0.489 e. The highest BCUT2D eigenvalue weighted by Gasteiger charge is 2.04. The van der Waals surface area contributed by atoms with Gasteiger partial charge in [0.15, 0.2) is 0 Å². The summed E-state index contributed by atoms with van der Waals surface area (Å²) >= 11 is 0. The molecule has 1 amide bonds. The lowest BCUT2D eigenvalue weighted by Gasteiger charge is -2.09. The smallest absolute Gasteiger partial charge is 0.224 e. The van der Waals surface area contributed by atoms with Crippen LogP contribution in [0.2, 0.25) is 0 Å². The third-order valence-electron chi connectivity index (χ3n) is 2.31. The first-order valence-corrected chi connectivity index (χ1v) is 6.01. The number of rotatable bonds is 7. The van der Waals surface area contributed by atoms with Crippen molar-refractivity contribution in [2.75, 3.05) is 11.9 Å². The van der Waals surface area contributed by atoms with E-state index in [4.69, 9.17) is 10.5 Å². The molecule has 0 radical (unpaired) electrons. The lowest BCUT2D eigenvalue weighted by molar-refractivity contribution is -0.116. The van der Waals surface area contributed by atoms with Crippen LogP contribution in [-0.4, -0.2) is 18.6 Å². The molecule has 0 aliphatic carbocycles. The topological polar surface area (TPSA) is 64.3 Å². The average molecular weight is 285 g/mol. The Morgan fingerprint density at radius 1 is 1.58 bits per heavy atom. The summed E-state index contributed by atoms with van der Waals surface area (Å²) in [6, 6.07) is 7.32. The van der Waals surface area contributed by atoms with Crippen molar-refractivity contribution in [3.63, 3.8) is 0 Å². The Morgan fingerprint density at radius 3 is 2.95 bits per heavy atom. The molecule has 0 aliphatic rings. The monoisotopic (exact) mass is 284 g/mol. The molecule has 1 unspecified atom stereocenters. The van der Waals surface area contributed by atoms with E-state index in [1.807, 2.05) is 25.1 Å². The number of halogens is 1. The van der Waals surface area contributed by atoms with Gasteiger partial charge in [0, 0.05) is 24.2 Å². The Balaban J connectivity index is 0.00000324. The van der Waals surface area contributed by atoms with Crippen molar-refractivity contribution in [1.82, 2.24) is 0 Å². The molecule has 1 atom stereocenters. The summed E-state index contributed by atoms with van der Waals surface area (Å²) in [6.07, 6.45) is 2.78. The molecule has 0 aliphatic heterocycles. The first kappa shape index (κ1) is 17.5. The third kappa shape index (κ3) is 7.49. The van der Waals surface area contributed by atoms with E-state index in [9.17, 15) is 4.79 Å².